The molecule has 0 N–H and O–H groups in total. The molecule has 0 saturated carbocycles. The Morgan fingerprint density at radius 2 is 2.21 bits per heavy atom. The van der Waals surface area contributed by atoms with Gasteiger partial charge in [0.1, 0.15) is 11.9 Å². The van der Waals surface area contributed by atoms with Crippen molar-refractivity contribution < 1.29 is 17.9 Å². The molecule has 1 atom stereocenters. The highest BCUT2D eigenvalue weighted by molar-refractivity contribution is 7.89. The van der Waals surface area contributed by atoms with Crippen molar-refractivity contribution in [2.75, 3.05) is 19.7 Å². The number of fused-ring (bicyclic) bond motifs is 1. The third-order valence-electron chi connectivity index (χ3n) is 4.24. The number of nitrogens with zero attached hydrogens (tertiary/aromatic N) is 3. The molecule has 1 saturated heterocycles. The Hall–Kier alpha value is -2.19. The second-order valence-corrected chi connectivity index (χ2v) is 7.76. The molecule has 7 nitrogen and oxygen atoms in total. The van der Waals surface area contributed by atoms with Gasteiger partial charge in [-0.05, 0) is 36.2 Å². The number of sulfonamides is 1. The van der Waals surface area contributed by atoms with E-state index in [1.165, 1.54) is 4.31 Å². The molecule has 0 bridgehead atoms. The van der Waals surface area contributed by atoms with Gasteiger partial charge in [-0.25, -0.2) is 8.42 Å². The fourth-order valence-electron chi connectivity index (χ4n) is 3.01. The molecule has 2 aromatic rings. The highest BCUT2D eigenvalue weighted by Crippen LogP contribution is 2.30. The minimum atomic E-state index is -3.52. The lowest BCUT2D eigenvalue weighted by atomic mass is 10.2. The minimum absolute atomic E-state index is 0.214. The summed E-state index contributed by atoms with van der Waals surface area (Å²) in [6.45, 7) is 1.35. The third-order valence-corrected chi connectivity index (χ3v) is 6.10. The van der Waals surface area contributed by atoms with Gasteiger partial charge in [-0.1, -0.05) is 0 Å². The molecule has 0 aliphatic carbocycles. The Balaban J connectivity index is 1.49. The van der Waals surface area contributed by atoms with Crippen LogP contribution in [0.3, 0.4) is 0 Å². The Labute approximate surface area is 140 Å². The van der Waals surface area contributed by atoms with Gasteiger partial charge < -0.3 is 9.47 Å². The first kappa shape index (κ1) is 15.3. The standard InChI is InChI=1S/C16H17N3O4S/c20-24(21,14-3-4-15-12(10-14)6-9-22-15)19-8-5-13(11-19)23-16-2-1-7-17-18-16/h1-4,7,10,13H,5-6,8-9,11H2/t13-/m0/s1. The molecule has 0 unspecified atom stereocenters. The van der Waals surface area contributed by atoms with Crippen molar-refractivity contribution in [2.45, 2.75) is 23.8 Å². The highest BCUT2D eigenvalue weighted by atomic mass is 32.2. The molecule has 126 valence electrons. The van der Waals surface area contributed by atoms with Crippen LogP contribution in [0.25, 0.3) is 0 Å². The smallest absolute Gasteiger partial charge is 0.243 e. The molecule has 1 aromatic heterocycles. The molecule has 2 aliphatic heterocycles. The average molecular weight is 347 g/mol. The van der Waals surface area contributed by atoms with E-state index in [1.807, 2.05) is 0 Å². The zero-order chi connectivity index (χ0) is 16.6. The van der Waals surface area contributed by atoms with Crippen molar-refractivity contribution in [3.63, 3.8) is 0 Å². The average Bonchev–Trinajstić information content (AvgIpc) is 3.24. The molecule has 0 amide bonds. The summed E-state index contributed by atoms with van der Waals surface area (Å²) in [6.07, 6.45) is 2.73. The summed E-state index contributed by atoms with van der Waals surface area (Å²) >= 11 is 0. The van der Waals surface area contributed by atoms with Crippen molar-refractivity contribution in [1.82, 2.24) is 14.5 Å². The van der Waals surface area contributed by atoms with E-state index in [0.29, 0.717) is 36.9 Å². The first-order chi connectivity index (χ1) is 11.6. The zero-order valence-corrected chi connectivity index (χ0v) is 13.8. The number of ether oxygens (including phenoxy) is 2. The van der Waals surface area contributed by atoms with Crippen molar-refractivity contribution in [1.29, 1.82) is 0 Å². The van der Waals surface area contributed by atoms with Gasteiger partial charge in [0.2, 0.25) is 15.9 Å². The maximum absolute atomic E-state index is 12.8. The van der Waals surface area contributed by atoms with E-state index < -0.39 is 10.0 Å². The Kier molecular flexibility index (Phi) is 3.85. The number of benzene rings is 1. The van der Waals surface area contributed by atoms with E-state index in [1.54, 1.807) is 36.5 Å². The van der Waals surface area contributed by atoms with Crippen LogP contribution in [0.2, 0.25) is 0 Å². The van der Waals surface area contributed by atoms with Gasteiger partial charge in [0, 0.05) is 25.2 Å². The van der Waals surface area contributed by atoms with Gasteiger partial charge >= 0.3 is 0 Å². The highest BCUT2D eigenvalue weighted by Gasteiger charge is 2.34. The van der Waals surface area contributed by atoms with Gasteiger partial charge in [0.15, 0.2) is 0 Å². The lowest BCUT2D eigenvalue weighted by Gasteiger charge is -2.17. The largest absolute Gasteiger partial charge is 0.493 e. The molecule has 3 heterocycles. The first-order valence-electron chi connectivity index (χ1n) is 7.83. The summed E-state index contributed by atoms with van der Waals surface area (Å²) in [4.78, 5) is 0.312. The van der Waals surface area contributed by atoms with E-state index in [-0.39, 0.29) is 6.10 Å². The van der Waals surface area contributed by atoms with Crippen LogP contribution in [0, 0.1) is 0 Å². The Morgan fingerprint density at radius 3 is 3.04 bits per heavy atom. The second-order valence-electron chi connectivity index (χ2n) is 5.82. The van der Waals surface area contributed by atoms with Crippen LogP contribution in [-0.4, -0.2) is 48.7 Å². The van der Waals surface area contributed by atoms with Crippen molar-refractivity contribution >= 4 is 10.0 Å². The fraction of sp³-hybridized carbons (Fsp3) is 0.375. The normalized spacial score (nSPS) is 20.6. The van der Waals surface area contributed by atoms with E-state index in [0.717, 1.165) is 17.7 Å². The predicted molar refractivity (Wildman–Crippen MR) is 85.5 cm³/mol. The molecule has 0 spiro atoms. The van der Waals surface area contributed by atoms with Crippen molar-refractivity contribution in [3.8, 4) is 11.6 Å². The SMILES string of the molecule is O=S(=O)(c1ccc2c(c1)CCO2)N1CC[C@H](Oc2cccnn2)C1. The minimum Gasteiger partial charge on any atom is -0.493 e. The lowest BCUT2D eigenvalue weighted by Crippen LogP contribution is -2.31. The van der Waals surface area contributed by atoms with Gasteiger partial charge in [-0.15, -0.1) is 5.10 Å². The Morgan fingerprint density at radius 1 is 1.29 bits per heavy atom. The van der Waals surface area contributed by atoms with Crippen LogP contribution in [0.1, 0.15) is 12.0 Å². The van der Waals surface area contributed by atoms with E-state index in [2.05, 4.69) is 10.2 Å². The summed E-state index contributed by atoms with van der Waals surface area (Å²) in [5.74, 6) is 1.19. The van der Waals surface area contributed by atoms with Crippen molar-refractivity contribution in [3.05, 3.63) is 42.1 Å². The van der Waals surface area contributed by atoms with Crippen molar-refractivity contribution in [2.24, 2.45) is 0 Å². The summed E-state index contributed by atoms with van der Waals surface area (Å²) in [5.41, 5.74) is 0.947. The summed E-state index contributed by atoms with van der Waals surface area (Å²) in [6, 6.07) is 8.51. The van der Waals surface area contributed by atoms with Crippen LogP contribution >= 0.6 is 0 Å². The molecule has 4 rings (SSSR count). The topological polar surface area (TPSA) is 81.6 Å². The van der Waals surface area contributed by atoms with Crippen LogP contribution < -0.4 is 9.47 Å². The predicted octanol–water partition coefficient (Wildman–Crippen LogP) is 1.25. The van der Waals surface area contributed by atoms with Crippen LogP contribution in [-0.2, 0) is 16.4 Å². The quantitative estimate of drug-likeness (QED) is 0.828. The molecule has 8 heteroatoms. The van der Waals surface area contributed by atoms with E-state index in [9.17, 15) is 8.42 Å². The second kappa shape index (κ2) is 6.03. The third kappa shape index (κ3) is 2.83. The zero-order valence-electron chi connectivity index (χ0n) is 13.0. The summed E-state index contributed by atoms with van der Waals surface area (Å²) in [7, 11) is -3.52. The molecular formula is C16H17N3O4S. The molecular weight excluding hydrogens is 330 g/mol. The summed E-state index contributed by atoms with van der Waals surface area (Å²) in [5, 5.41) is 7.63. The first-order valence-corrected chi connectivity index (χ1v) is 9.27. The van der Waals surface area contributed by atoms with Crippen LogP contribution in [0.4, 0.5) is 0 Å². The monoisotopic (exact) mass is 347 g/mol. The molecule has 1 aromatic carbocycles. The summed E-state index contributed by atoms with van der Waals surface area (Å²) < 4.78 is 38.3. The molecule has 2 aliphatic rings. The fourth-order valence-corrected chi connectivity index (χ4v) is 4.54. The van der Waals surface area contributed by atoms with Gasteiger partial charge in [0.25, 0.3) is 0 Å². The number of aromatic nitrogens is 2. The van der Waals surface area contributed by atoms with Gasteiger partial charge in [0.05, 0.1) is 18.0 Å². The maximum atomic E-state index is 12.8. The number of rotatable bonds is 4. The van der Waals surface area contributed by atoms with E-state index in [4.69, 9.17) is 9.47 Å². The number of hydrogen-bond donors (Lipinski definition) is 0. The van der Waals surface area contributed by atoms with E-state index >= 15 is 0 Å². The molecule has 0 radical (unpaired) electrons. The van der Waals surface area contributed by atoms with Gasteiger partial charge in [-0.3, -0.25) is 0 Å². The van der Waals surface area contributed by atoms with Gasteiger partial charge in [-0.2, -0.15) is 9.40 Å². The number of hydrogen-bond acceptors (Lipinski definition) is 6. The molecule has 24 heavy (non-hydrogen) atoms. The lowest BCUT2D eigenvalue weighted by molar-refractivity contribution is 0.204. The molecule has 1 fully saturated rings. The van der Waals surface area contributed by atoms with Crippen LogP contribution in [0.15, 0.2) is 41.4 Å². The van der Waals surface area contributed by atoms with Crippen LogP contribution in [0.5, 0.6) is 11.6 Å². The Bertz CT molecular complexity index is 842. The maximum Gasteiger partial charge on any atom is 0.243 e.